The van der Waals surface area contributed by atoms with Crippen molar-refractivity contribution in [3.05, 3.63) is 5.82 Å². The Morgan fingerprint density at radius 1 is 1.11 bits per heavy atom. The average molecular weight is 249 g/mol. The van der Waals surface area contributed by atoms with Crippen molar-refractivity contribution in [1.29, 1.82) is 0 Å². The molecule has 0 atom stereocenters. The van der Waals surface area contributed by atoms with Crippen LogP contribution >= 0.6 is 0 Å². The first-order valence-corrected chi connectivity index (χ1v) is 7.32. The van der Waals surface area contributed by atoms with Crippen LogP contribution in [0.5, 0.6) is 0 Å². The molecule has 5 nitrogen and oxygen atoms in total. The summed E-state index contributed by atoms with van der Waals surface area (Å²) >= 11 is 0. The van der Waals surface area contributed by atoms with Crippen LogP contribution in [0.3, 0.4) is 0 Å². The third-order valence-electron chi connectivity index (χ3n) is 4.47. The minimum Gasteiger partial charge on any atom is -0.296 e. The standard InChI is InChI=1S/C13H23N5/c1-11-6-8-17(9-7-11)10-13-14-15-16-18(13)12-4-2-3-5-12/h11-12H,2-10H2,1H3. The molecule has 3 rings (SSSR count). The number of nitrogens with zero attached hydrogens (tertiary/aromatic N) is 5. The van der Waals surface area contributed by atoms with Gasteiger partial charge in [0.2, 0.25) is 0 Å². The van der Waals surface area contributed by atoms with Crippen molar-refractivity contribution >= 4 is 0 Å². The highest BCUT2D eigenvalue weighted by Crippen LogP contribution is 2.29. The maximum Gasteiger partial charge on any atom is 0.165 e. The maximum atomic E-state index is 4.23. The zero-order valence-electron chi connectivity index (χ0n) is 11.3. The minimum atomic E-state index is 0.554. The van der Waals surface area contributed by atoms with E-state index in [4.69, 9.17) is 0 Å². The summed E-state index contributed by atoms with van der Waals surface area (Å²) in [6.45, 7) is 5.66. The van der Waals surface area contributed by atoms with Crippen molar-refractivity contribution in [2.75, 3.05) is 13.1 Å². The molecular formula is C13H23N5. The van der Waals surface area contributed by atoms with Crippen LogP contribution in [-0.2, 0) is 6.54 Å². The first-order chi connectivity index (χ1) is 8.83. The fourth-order valence-electron chi connectivity index (χ4n) is 3.17. The summed E-state index contributed by atoms with van der Waals surface area (Å²) in [5, 5.41) is 12.3. The van der Waals surface area contributed by atoms with Crippen molar-refractivity contribution in [2.24, 2.45) is 5.92 Å². The Balaban J connectivity index is 1.64. The van der Waals surface area contributed by atoms with Crippen molar-refractivity contribution in [2.45, 2.75) is 58.0 Å². The Hall–Kier alpha value is -0.970. The van der Waals surface area contributed by atoms with Gasteiger partial charge >= 0.3 is 0 Å². The Kier molecular flexibility index (Phi) is 3.59. The van der Waals surface area contributed by atoms with Gasteiger partial charge in [-0.05, 0) is 55.1 Å². The minimum absolute atomic E-state index is 0.554. The number of hydrogen-bond donors (Lipinski definition) is 0. The molecule has 0 amide bonds. The number of tetrazole rings is 1. The molecule has 0 bridgehead atoms. The van der Waals surface area contributed by atoms with E-state index in [0.29, 0.717) is 6.04 Å². The van der Waals surface area contributed by atoms with E-state index in [1.807, 2.05) is 0 Å². The lowest BCUT2D eigenvalue weighted by Gasteiger charge is -2.29. The summed E-state index contributed by atoms with van der Waals surface area (Å²) in [7, 11) is 0. The second-order valence-electron chi connectivity index (χ2n) is 5.94. The van der Waals surface area contributed by atoms with Crippen LogP contribution in [0.1, 0.15) is 57.3 Å². The van der Waals surface area contributed by atoms with Gasteiger partial charge in [-0.15, -0.1) is 5.10 Å². The van der Waals surface area contributed by atoms with Crippen LogP contribution in [0, 0.1) is 5.92 Å². The molecule has 2 aliphatic rings. The highest BCUT2D eigenvalue weighted by atomic mass is 15.6. The van der Waals surface area contributed by atoms with E-state index in [1.54, 1.807) is 0 Å². The Morgan fingerprint density at radius 3 is 2.56 bits per heavy atom. The molecule has 18 heavy (non-hydrogen) atoms. The van der Waals surface area contributed by atoms with Crippen molar-refractivity contribution in [3.63, 3.8) is 0 Å². The van der Waals surface area contributed by atoms with Gasteiger partial charge < -0.3 is 0 Å². The molecule has 0 spiro atoms. The van der Waals surface area contributed by atoms with Crippen LogP contribution in [0.25, 0.3) is 0 Å². The number of likely N-dealkylation sites (tertiary alicyclic amines) is 1. The summed E-state index contributed by atoms with van der Waals surface area (Å²) in [6, 6.07) is 0.554. The van der Waals surface area contributed by atoms with Crippen molar-refractivity contribution < 1.29 is 0 Å². The predicted octanol–water partition coefficient (Wildman–Crippen LogP) is 2.02. The molecule has 0 aromatic carbocycles. The highest BCUT2D eigenvalue weighted by Gasteiger charge is 2.23. The van der Waals surface area contributed by atoms with E-state index in [0.717, 1.165) is 18.3 Å². The van der Waals surface area contributed by atoms with Gasteiger partial charge in [0.15, 0.2) is 5.82 Å². The number of hydrogen-bond acceptors (Lipinski definition) is 4. The van der Waals surface area contributed by atoms with Crippen molar-refractivity contribution in [1.82, 2.24) is 25.1 Å². The van der Waals surface area contributed by atoms with Crippen LogP contribution in [-0.4, -0.2) is 38.2 Å². The maximum absolute atomic E-state index is 4.23. The van der Waals surface area contributed by atoms with Gasteiger partial charge in [0.1, 0.15) is 0 Å². The topological polar surface area (TPSA) is 46.8 Å². The smallest absolute Gasteiger partial charge is 0.165 e. The van der Waals surface area contributed by atoms with Crippen LogP contribution < -0.4 is 0 Å². The fourth-order valence-corrected chi connectivity index (χ4v) is 3.17. The number of piperidine rings is 1. The van der Waals surface area contributed by atoms with Gasteiger partial charge in [-0.1, -0.05) is 19.8 Å². The van der Waals surface area contributed by atoms with Crippen LogP contribution in [0.15, 0.2) is 0 Å². The van der Waals surface area contributed by atoms with Crippen LogP contribution in [0.2, 0.25) is 0 Å². The Labute approximate surface area is 109 Å². The molecule has 2 fully saturated rings. The first-order valence-electron chi connectivity index (χ1n) is 7.32. The normalized spacial score (nSPS) is 23.8. The monoisotopic (exact) mass is 249 g/mol. The molecular weight excluding hydrogens is 226 g/mol. The summed E-state index contributed by atoms with van der Waals surface area (Å²) in [5.74, 6) is 1.95. The van der Waals surface area contributed by atoms with E-state index in [1.165, 1.54) is 51.6 Å². The van der Waals surface area contributed by atoms with E-state index in [2.05, 4.69) is 32.0 Å². The molecule has 5 heteroatoms. The van der Waals surface area contributed by atoms with Gasteiger partial charge in [0.05, 0.1) is 12.6 Å². The zero-order valence-corrected chi connectivity index (χ0v) is 11.3. The van der Waals surface area contributed by atoms with E-state index in [-0.39, 0.29) is 0 Å². The quantitative estimate of drug-likeness (QED) is 0.822. The number of aromatic nitrogens is 4. The molecule has 1 saturated carbocycles. The molecule has 0 unspecified atom stereocenters. The molecule has 0 N–H and O–H groups in total. The molecule has 2 heterocycles. The fraction of sp³-hybridized carbons (Fsp3) is 0.923. The Bertz CT molecular complexity index is 374. The second-order valence-corrected chi connectivity index (χ2v) is 5.94. The third kappa shape index (κ3) is 2.55. The van der Waals surface area contributed by atoms with Crippen molar-refractivity contribution in [3.8, 4) is 0 Å². The van der Waals surface area contributed by atoms with E-state index in [9.17, 15) is 0 Å². The lowest BCUT2D eigenvalue weighted by molar-refractivity contribution is 0.177. The van der Waals surface area contributed by atoms with E-state index >= 15 is 0 Å². The van der Waals surface area contributed by atoms with E-state index < -0.39 is 0 Å². The summed E-state index contributed by atoms with van der Waals surface area (Å²) in [5.41, 5.74) is 0. The molecule has 1 aliphatic heterocycles. The molecule has 0 radical (unpaired) electrons. The molecule has 1 aromatic rings. The van der Waals surface area contributed by atoms with Gasteiger partial charge in [0, 0.05) is 0 Å². The predicted molar refractivity (Wildman–Crippen MR) is 69.0 cm³/mol. The molecule has 1 aliphatic carbocycles. The van der Waals surface area contributed by atoms with Crippen LogP contribution in [0.4, 0.5) is 0 Å². The van der Waals surface area contributed by atoms with Gasteiger partial charge in [-0.25, -0.2) is 4.68 Å². The SMILES string of the molecule is CC1CCN(Cc2nnnn2C2CCCC2)CC1. The summed E-state index contributed by atoms with van der Waals surface area (Å²) in [4.78, 5) is 2.50. The van der Waals surface area contributed by atoms with Gasteiger partial charge in [0.25, 0.3) is 0 Å². The number of rotatable bonds is 3. The summed E-state index contributed by atoms with van der Waals surface area (Å²) in [6.07, 6.45) is 7.76. The highest BCUT2D eigenvalue weighted by molar-refractivity contribution is 4.87. The van der Waals surface area contributed by atoms with Gasteiger partial charge in [-0.2, -0.15) is 0 Å². The first kappa shape index (κ1) is 12.1. The summed E-state index contributed by atoms with van der Waals surface area (Å²) < 4.78 is 2.09. The lowest BCUT2D eigenvalue weighted by Crippen LogP contribution is -2.33. The lowest BCUT2D eigenvalue weighted by atomic mass is 9.99. The van der Waals surface area contributed by atoms with Gasteiger partial charge in [-0.3, -0.25) is 4.90 Å². The zero-order chi connectivity index (χ0) is 12.4. The third-order valence-corrected chi connectivity index (χ3v) is 4.47. The average Bonchev–Trinajstić information content (AvgIpc) is 3.02. The molecule has 100 valence electrons. The largest absolute Gasteiger partial charge is 0.296 e. The molecule has 1 aromatic heterocycles. The second kappa shape index (κ2) is 5.34. The Morgan fingerprint density at radius 2 is 1.83 bits per heavy atom. The molecule has 1 saturated heterocycles.